The highest BCUT2D eigenvalue weighted by Gasteiger charge is 2.03. The Morgan fingerprint density at radius 3 is 2.53 bits per heavy atom. The summed E-state index contributed by atoms with van der Waals surface area (Å²) >= 11 is 0. The first-order valence-corrected chi connectivity index (χ1v) is 6.93. The SMILES string of the molecule is CCCNCCN(C)CCOc1ccccc1OC. The van der Waals surface area contributed by atoms with Crippen molar-refractivity contribution in [1.82, 2.24) is 10.2 Å². The van der Waals surface area contributed by atoms with Crippen LogP contribution < -0.4 is 14.8 Å². The Kier molecular flexibility index (Phi) is 8.02. The van der Waals surface area contributed by atoms with Gasteiger partial charge in [0.2, 0.25) is 0 Å². The molecule has 0 radical (unpaired) electrons. The van der Waals surface area contributed by atoms with Crippen molar-refractivity contribution in [3.05, 3.63) is 24.3 Å². The number of likely N-dealkylation sites (N-methyl/N-ethyl adjacent to an activating group) is 1. The van der Waals surface area contributed by atoms with Crippen molar-refractivity contribution in [3.8, 4) is 11.5 Å². The molecular weight excluding hydrogens is 240 g/mol. The Morgan fingerprint density at radius 2 is 1.84 bits per heavy atom. The fourth-order valence-corrected chi connectivity index (χ4v) is 1.73. The molecule has 0 aliphatic rings. The van der Waals surface area contributed by atoms with E-state index in [1.165, 1.54) is 6.42 Å². The van der Waals surface area contributed by atoms with Gasteiger partial charge in [-0.15, -0.1) is 0 Å². The van der Waals surface area contributed by atoms with Crippen LogP contribution in [0.5, 0.6) is 11.5 Å². The summed E-state index contributed by atoms with van der Waals surface area (Å²) in [5, 5.41) is 3.39. The molecule has 0 saturated carbocycles. The lowest BCUT2D eigenvalue weighted by atomic mass is 10.3. The van der Waals surface area contributed by atoms with Crippen molar-refractivity contribution in [2.45, 2.75) is 13.3 Å². The van der Waals surface area contributed by atoms with Crippen molar-refractivity contribution >= 4 is 0 Å². The van der Waals surface area contributed by atoms with E-state index in [-0.39, 0.29) is 0 Å². The van der Waals surface area contributed by atoms with Gasteiger partial charge in [-0.1, -0.05) is 19.1 Å². The van der Waals surface area contributed by atoms with Gasteiger partial charge in [0.1, 0.15) is 6.61 Å². The Bertz CT molecular complexity index is 345. The van der Waals surface area contributed by atoms with Gasteiger partial charge in [-0.2, -0.15) is 0 Å². The van der Waals surface area contributed by atoms with E-state index in [1.807, 2.05) is 24.3 Å². The van der Waals surface area contributed by atoms with Crippen LogP contribution in [0.4, 0.5) is 0 Å². The maximum Gasteiger partial charge on any atom is 0.161 e. The minimum Gasteiger partial charge on any atom is -0.493 e. The standard InChI is InChI=1S/C15H26N2O2/c1-4-9-16-10-11-17(2)12-13-19-15-8-6-5-7-14(15)18-3/h5-8,16H,4,9-13H2,1-3H3. The Balaban J connectivity index is 2.18. The molecule has 0 saturated heterocycles. The van der Waals surface area contributed by atoms with Crippen LogP contribution in [0, 0.1) is 0 Å². The first-order valence-electron chi connectivity index (χ1n) is 6.93. The molecule has 4 nitrogen and oxygen atoms in total. The van der Waals surface area contributed by atoms with Crippen molar-refractivity contribution in [2.75, 3.05) is 46.9 Å². The van der Waals surface area contributed by atoms with Crippen LogP contribution >= 0.6 is 0 Å². The highest BCUT2D eigenvalue weighted by atomic mass is 16.5. The van der Waals surface area contributed by atoms with E-state index in [0.717, 1.165) is 37.7 Å². The summed E-state index contributed by atoms with van der Waals surface area (Å²) in [7, 11) is 3.77. The first kappa shape index (κ1) is 15.8. The van der Waals surface area contributed by atoms with E-state index in [4.69, 9.17) is 9.47 Å². The third-order valence-electron chi connectivity index (χ3n) is 2.90. The van der Waals surface area contributed by atoms with Gasteiger partial charge < -0.3 is 19.7 Å². The van der Waals surface area contributed by atoms with E-state index in [1.54, 1.807) is 7.11 Å². The first-order chi connectivity index (χ1) is 9.27. The summed E-state index contributed by atoms with van der Waals surface area (Å²) in [6, 6.07) is 7.74. The second kappa shape index (κ2) is 9.64. The summed E-state index contributed by atoms with van der Waals surface area (Å²) in [5.41, 5.74) is 0. The lowest BCUT2D eigenvalue weighted by Gasteiger charge is -2.17. The maximum absolute atomic E-state index is 5.74. The van der Waals surface area contributed by atoms with Crippen LogP contribution in [-0.4, -0.2) is 51.8 Å². The molecule has 0 bridgehead atoms. The van der Waals surface area contributed by atoms with E-state index in [0.29, 0.717) is 6.61 Å². The third-order valence-corrected chi connectivity index (χ3v) is 2.90. The second-order valence-electron chi connectivity index (χ2n) is 4.55. The predicted octanol–water partition coefficient (Wildman–Crippen LogP) is 2.01. The molecular formula is C15H26N2O2. The maximum atomic E-state index is 5.74. The number of para-hydroxylation sites is 2. The van der Waals surface area contributed by atoms with Crippen LogP contribution in [0.25, 0.3) is 0 Å². The summed E-state index contributed by atoms with van der Waals surface area (Å²) in [6.45, 7) is 6.91. The van der Waals surface area contributed by atoms with Gasteiger partial charge in [0, 0.05) is 19.6 Å². The summed E-state index contributed by atoms with van der Waals surface area (Å²) in [5.74, 6) is 1.59. The molecule has 1 N–H and O–H groups in total. The van der Waals surface area contributed by atoms with Gasteiger partial charge >= 0.3 is 0 Å². The predicted molar refractivity (Wildman–Crippen MR) is 79.1 cm³/mol. The van der Waals surface area contributed by atoms with Crippen molar-refractivity contribution in [3.63, 3.8) is 0 Å². The molecule has 0 aliphatic carbocycles. The smallest absolute Gasteiger partial charge is 0.161 e. The van der Waals surface area contributed by atoms with Crippen LogP contribution in [0.1, 0.15) is 13.3 Å². The zero-order valence-electron chi connectivity index (χ0n) is 12.3. The topological polar surface area (TPSA) is 33.7 Å². The lowest BCUT2D eigenvalue weighted by molar-refractivity contribution is 0.230. The minimum absolute atomic E-state index is 0.671. The minimum atomic E-state index is 0.671. The van der Waals surface area contributed by atoms with E-state index in [2.05, 4.69) is 24.2 Å². The number of benzene rings is 1. The Hall–Kier alpha value is -1.26. The molecule has 0 amide bonds. The molecule has 0 aromatic heterocycles. The molecule has 0 atom stereocenters. The highest BCUT2D eigenvalue weighted by molar-refractivity contribution is 5.39. The molecule has 0 aliphatic heterocycles. The molecule has 0 unspecified atom stereocenters. The molecule has 1 rings (SSSR count). The lowest BCUT2D eigenvalue weighted by Crippen LogP contribution is -2.32. The number of hydrogen-bond acceptors (Lipinski definition) is 4. The van der Waals surface area contributed by atoms with E-state index < -0.39 is 0 Å². The zero-order chi connectivity index (χ0) is 13.9. The highest BCUT2D eigenvalue weighted by Crippen LogP contribution is 2.25. The molecule has 108 valence electrons. The number of ether oxygens (including phenoxy) is 2. The molecule has 1 aromatic rings. The zero-order valence-corrected chi connectivity index (χ0v) is 12.3. The van der Waals surface area contributed by atoms with Crippen molar-refractivity contribution in [2.24, 2.45) is 0 Å². The average Bonchev–Trinajstić information content (AvgIpc) is 2.44. The van der Waals surface area contributed by atoms with Gasteiger partial charge in [0.05, 0.1) is 7.11 Å². The Morgan fingerprint density at radius 1 is 1.11 bits per heavy atom. The van der Waals surface area contributed by atoms with Crippen LogP contribution in [-0.2, 0) is 0 Å². The van der Waals surface area contributed by atoms with Crippen molar-refractivity contribution < 1.29 is 9.47 Å². The Labute approximate surface area is 116 Å². The van der Waals surface area contributed by atoms with Gasteiger partial charge in [-0.05, 0) is 32.1 Å². The van der Waals surface area contributed by atoms with Gasteiger partial charge in [0.25, 0.3) is 0 Å². The molecule has 0 fully saturated rings. The van der Waals surface area contributed by atoms with Crippen molar-refractivity contribution in [1.29, 1.82) is 0 Å². The monoisotopic (exact) mass is 266 g/mol. The quantitative estimate of drug-likeness (QED) is 0.657. The van der Waals surface area contributed by atoms with Crippen LogP contribution in [0.2, 0.25) is 0 Å². The normalized spacial score (nSPS) is 10.7. The number of rotatable bonds is 10. The summed E-state index contributed by atoms with van der Waals surface area (Å²) in [6.07, 6.45) is 1.18. The van der Waals surface area contributed by atoms with Gasteiger partial charge in [0.15, 0.2) is 11.5 Å². The molecule has 4 heteroatoms. The second-order valence-corrected chi connectivity index (χ2v) is 4.55. The molecule has 0 heterocycles. The van der Waals surface area contributed by atoms with Gasteiger partial charge in [-0.25, -0.2) is 0 Å². The molecule has 0 spiro atoms. The number of hydrogen-bond donors (Lipinski definition) is 1. The number of methoxy groups -OCH3 is 1. The number of nitrogens with zero attached hydrogens (tertiary/aromatic N) is 1. The molecule has 19 heavy (non-hydrogen) atoms. The van der Waals surface area contributed by atoms with E-state index in [9.17, 15) is 0 Å². The summed E-state index contributed by atoms with van der Waals surface area (Å²) < 4.78 is 11.0. The van der Waals surface area contributed by atoms with Crippen LogP contribution in [0.3, 0.4) is 0 Å². The summed E-state index contributed by atoms with van der Waals surface area (Å²) in [4.78, 5) is 2.26. The fraction of sp³-hybridized carbons (Fsp3) is 0.600. The average molecular weight is 266 g/mol. The molecule has 1 aromatic carbocycles. The third kappa shape index (κ3) is 6.45. The largest absolute Gasteiger partial charge is 0.493 e. The van der Waals surface area contributed by atoms with Gasteiger partial charge in [-0.3, -0.25) is 0 Å². The van der Waals surface area contributed by atoms with Crippen LogP contribution in [0.15, 0.2) is 24.3 Å². The van der Waals surface area contributed by atoms with E-state index >= 15 is 0 Å². The fourth-order valence-electron chi connectivity index (χ4n) is 1.73. The number of nitrogens with one attached hydrogen (secondary N) is 1.